The molecule has 4 heteroatoms. The van der Waals surface area contributed by atoms with Gasteiger partial charge in [0.2, 0.25) is 0 Å². The van der Waals surface area contributed by atoms with Gasteiger partial charge >= 0.3 is 93.1 Å². The van der Waals surface area contributed by atoms with Gasteiger partial charge in [0.15, 0.2) is 0 Å². The molecule has 3 rings (SSSR count). The third kappa shape index (κ3) is 1.22. The van der Waals surface area contributed by atoms with Crippen molar-refractivity contribution in [1.82, 2.24) is 0 Å². The predicted octanol–water partition coefficient (Wildman–Crippen LogP) is 0.976. The van der Waals surface area contributed by atoms with Crippen molar-refractivity contribution in [3.63, 3.8) is 0 Å². The summed E-state index contributed by atoms with van der Waals surface area (Å²) in [6.45, 7) is 0. The molecular weight excluding hydrogens is 361 g/mol. The van der Waals surface area contributed by atoms with Crippen molar-refractivity contribution in [2.24, 2.45) is 0 Å². The van der Waals surface area contributed by atoms with Crippen LogP contribution in [0.2, 0.25) is 0 Å². The van der Waals surface area contributed by atoms with E-state index in [1.807, 2.05) is 0 Å². The van der Waals surface area contributed by atoms with Crippen LogP contribution < -0.4 is 0 Å². The number of fused-ring (bicyclic) bond motifs is 3. The third-order valence-corrected chi connectivity index (χ3v) is 10.4. The fraction of sp³-hybridized carbons (Fsp3) is 0. The topological polar surface area (TPSA) is 17.1 Å². The molecule has 0 atom stereocenters. The Hall–Kier alpha value is 0.188. The van der Waals surface area contributed by atoms with Crippen LogP contribution in [-0.2, 0) is 0 Å². The Balaban J connectivity index is 2.52. The molecule has 3 aromatic rings. The first-order valence-electron chi connectivity index (χ1n) is 3.73. The first-order valence-corrected chi connectivity index (χ1v) is 9.00. The van der Waals surface area contributed by atoms with E-state index in [0.717, 1.165) is 10.7 Å². The summed E-state index contributed by atoms with van der Waals surface area (Å²) < 4.78 is 7.27. The fourth-order valence-electron chi connectivity index (χ4n) is 1.35. The summed E-state index contributed by atoms with van der Waals surface area (Å²) in [5.74, 6) is 0. The Bertz CT molecular complexity index is 584. The van der Waals surface area contributed by atoms with E-state index in [1.165, 1.54) is 4.26 Å². The summed E-state index contributed by atoms with van der Waals surface area (Å²) in [4.78, 5) is 12.9. The normalized spacial score (nSPS) is 11.4. The van der Waals surface area contributed by atoms with E-state index in [0.29, 0.717) is 43.5 Å². The van der Waals surface area contributed by atoms with Gasteiger partial charge in [-0.05, 0) is 0 Å². The van der Waals surface area contributed by atoms with Crippen molar-refractivity contribution in [3.05, 3.63) is 21.5 Å². The Kier molecular flexibility index (Phi) is 2.02. The fourth-order valence-corrected chi connectivity index (χ4v) is 11.0. The molecule has 0 N–H and O–H groups in total. The van der Waals surface area contributed by atoms with Crippen molar-refractivity contribution >= 4 is 66.8 Å². The first kappa shape index (κ1) is 8.49. The monoisotopic (exact) mass is 368 g/mol. The van der Waals surface area contributed by atoms with Gasteiger partial charge in [0.05, 0.1) is 0 Å². The van der Waals surface area contributed by atoms with Gasteiger partial charge in [0, 0.05) is 0 Å². The Labute approximate surface area is 92.6 Å². The van der Waals surface area contributed by atoms with Crippen LogP contribution >= 0.6 is 0 Å². The molecule has 0 fully saturated rings. The minimum absolute atomic E-state index is 0.337. The zero-order chi connectivity index (χ0) is 8.84. The van der Waals surface area contributed by atoms with Gasteiger partial charge in [-0.1, -0.05) is 0 Å². The van der Waals surface area contributed by atoms with Crippen LogP contribution in [0.15, 0.2) is 17.1 Å². The van der Waals surface area contributed by atoms with E-state index < -0.39 is 0 Å². The molecule has 3 heterocycles. The molecule has 64 valence electrons. The summed E-state index contributed by atoms with van der Waals surface area (Å²) in [7, 11) is 0. The molecule has 0 aliphatic carbocycles. The van der Waals surface area contributed by atoms with Crippen LogP contribution in [0, 0.1) is 0 Å². The summed E-state index contributed by atoms with van der Waals surface area (Å²) in [5.41, 5.74) is 0. The molecule has 3 aromatic heterocycles. The van der Waals surface area contributed by atoms with E-state index in [9.17, 15) is 4.79 Å². The molecule has 0 radical (unpaired) electrons. The van der Waals surface area contributed by atoms with Crippen molar-refractivity contribution in [3.8, 4) is 0 Å². The number of hydrogen-bond acceptors (Lipinski definition) is 1. The number of carbonyl (C=O) groups is 1. The molecule has 0 unspecified atom stereocenters. The number of aldehydes is 1. The molecule has 0 aromatic carbocycles. The quantitative estimate of drug-likeness (QED) is 0.464. The molecule has 0 bridgehead atoms. The van der Waals surface area contributed by atoms with E-state index >= 15 is 0 Å². The SMILES string of the molecule is O=Cc1cc2[se]c3cc[se]c3c2[se]1. The van der Waals surface area contributed by atoms with Crippen LogP contribution in [0.25, 0.3) is 17.0 Å². The average Bonchev–Trinajstić information content (AvgIpc) is 2.72. The maximum absolute atomic E-state index is 10.6. The predicted molar refractivity (Wildman–Crippen MR) is 57.7 cm³/mol. The van der Waals surface area contributed by atoms with Crippen molar-refractivity contribution in [2.45, 2.75) is 0 Å². The molecule has 0 spiro atoms. The van der Waals surface area contributed by atoms with Gasteiger partial charge in [0.25, 0.3) is 0 Å². The van der Waals surface area contributed by atoms with Crippen LogP contribution in [-0.4, -0.2) is 49.8 Å². The second-order valence-electron chi connectivity index (χ2n) is 2.68. The van der Waals surface area contributed by atoms with Gasteiger partial charge in [-0.25, -0.2) is 0 Å². The summed E-state index contributed by atoms with van der Waals surface area (Å²) in [6.07, 6.45) is 1.03. The molecule has 1 nitrogen and oxygen atoms in total. The van der Waals surface area contributed by atoms with Gasteiger partial charge in [0.1, 0.15) is 0 Å². The molecular formula is C9H4OSe3. The summed E-state index contributed by atoms with van der Waals surface area (Å²) >= 11 is 1.43. The zero-order valence-corrected chi connectivity index (χ0v) is 11.6. The zero-order valence-electron chi connectivity index (χ0n) is 6.44. The second kappa shape index (κ2) is 3.10. The first-order chi connectivity index (χ1) is 6.38. The van der Waals surface area contributed by atoms with Crippen LogP contribution in [0.1, 0.15) is 9.23 Å². The summed E-state index contributed by atoms with van der Waals surface area (Å²) in [5, 5.41) is 0. The Morgan fingerprint density at radius 1 is 1.15 bits per heavy atom. The van der Waals surface area contributed by atoms with Crippen LogP contribution in [0.4, 0.5) is 0 Å². The third-order valence-electron chi connectivity index (χ3n) is 1.89. The number of rotatable bonds is 1. The van der Waals surface area contributed by atoms with Crippen molar-refractivity contribution in [2.75, 3.05) is 0 Å². The van der Waals surface area contributed by atoms with E-state index in [1.54, 1.807) is 12.8 Å². The molecule has 13 heavy (non-hydrogen) atoms. The number of hydrogen-bond donors (Lipinski definition) is 0. The Morgan fingerprint density at radius 3 is 2.92 bits per heavy atom. The molecule has 0 saturated heterocycles. The molecule has 0 aliphatic heterocycles. The van der Waals surface area contributed by atoms with Gasteiger partial charge in [-0.15, -0.1) is 0 Å². The van der Waals surface area contributed by atoms with Gasteiger partial charge in [-0.3, -0.25) is 0 Å². The van der Waals surface area contributed by atoms with Crippen molar-refractivity contribution in [1.29, 1.82) is 0 Å². The van der Waals surface area contributed by atoms with Gasteiger partial charge in [-0.2, -0.15) is 0 Å². The van der Waals surface area contributed by atoms with Gasteiger partial charge < -0.3 is 0 Å². The maximum atomic E-state index is 10.6. The average molecular weight is 365 g/mol. The molecule has 0 aliphatic rings. The van der Waals surface area contributed by atoms with Crippen LogP contribution in [0.5, 0.6) is 0 Å². The minimum atomic E-state index is 0.337. The number of carbonyl (C=O) groups excluding carboxylic acids is 1. The van der Waals surface area contributed by atoms with Crippen molar-refractivity contribution < 1.29 is 4.79 Å². The van der Waals surface area contributed by atoms with E-state index in [2.05, 4.69) is 17.1 Å². The van der Waals surface area contributed by atoms with E-state index in [4.69, 9.17) is 0 Å². The summed E-state index contributed by atoms with van der Waals surface area (Å²) in [6, 6.07) is 4.42. The molecule has 0 saturated carbocycles. The molecule has 0 amide bonds. The second-order valence-corrected chi connectivity index (χ2v) is 9.15. The standard InChI is InChI=1S/C9H4OSe3/c10-4-5-3-7-9(12-5)8-6(13-7)1-2-11-8/h1-4H. The van der Waals surface area contributed by atoms with Crippen LogP contribution in [0.3, 0.4) is 0 Å². The van der Waals surface area contributed by atoms with E-state index in [-0.39, 0.29) is 0 Å². The Morgan fingerprint density at radius 2 is 2.08 bits per heavy atom.